The first-order valence-corrected chi connectivity index (χ1v) is 23.4. The first-order chi connectivity index (χ1) is 31.6. The molecule has 0 bridgehead atoms. The van der Waals surface area contributed by atoms with Crippen molar-refractivity contribution < 1.29 is 0 Å². The van der Waals surface area contributed by atoms with E-state index < -0.39 is 5.41 Å². The highest BCUT2D eigenvalue weighted by atomic mass is 32.1. The number of thiophene rings is 1. The summed E-state index contributed by atoms with van der Waals surface area (Å²) in [7, 11) is 0. The minimum Gasteiger partial charge on any atom is -0.311 e. The van der Waals surface area contributed by atoms with Gasteiger partial charge in [-0.2, -0.15) is 0 Å². The molecule has 4 aliphatic rings. The molecule has 9 aromatic carbocycles. The van der Waals surface area contributed by atoms with Crippen LogP contribution >= 0.6 is 11.3 Å². The smallest absolute Gasteiger partial charge is 0.264 e. The van der Waals surface area contributed by atoms with Crippen LogP contribution in [0.1, 0.15) is 47.6 Å². The van der Waals surface area contributed by atoms with Gasteiger partial charge in [-0.3, -0.25) is 0 Å². The molecule has 0 atom stereocenters. The van der Waals surface area contributed by atoms with Crippen molar-refractivity contribution in [3.63, 3.8) is 0 Å². The van der Waals surface area contributed by atoms with Crippen molar-refractivity contribution in [3.8, 4) is 33.4 Å². The lowest BCUT2D eigenvalue weighted by Gasteiger charge is -2.43. The van der Waals surface area contributed by atoms with E-state index in [1.54, 1.807) is 0 Å². The molecule has 4 heteroatoms. The summed E-state index contributed by atoms with van der Waals surface area (Å²) in [5.74, 6) is 0.454. The summed E-state index contributed by atoms with van der Waals surface area (Å²) in [6.45, 7) is 4.58. The highest BCUT2D eigenvalue weighted by Gasteiger charge is 2.52. The lowest BCUT2D eigenvalue weighted by atomic mass is 9.36. The lowest BCUT2D eigenvalue weighted by Crippen LogP contribution is -2.60. The molecule has 1 aromatic heterocycles. The first kappa shape index (κ1) is 36.1. The van der Waals surface area contributed by atoms with Gasteiger partial charge in [0.2, 0.25) is 0 Å². The van der Waals surface area contributed by atoms with Crippen LogP contribution in [-0.4, -0.2) is 6.71 Å². The van der Waals surface area contributed by atoms with Crippen LogP contribution in [0.25, 0.3) is 43.5 Å². The molecular formula is C60H41BN2S. The fourth-order valence-electron chi connectivity index (χ4n) is 11.9. The number of fused-ring (bicyclic) bond motifs is 16. The van der Waals surface area contributed by atoms with Gasteiger partial charge in [-0.05, 0) is 133 Å². The van der Waals surface area contributed by atoms with E-state index in [1.165, 1.54) is 121 Å². The van der Waals surface area contributed by atoms with Gasteiger partial charge in [0.15, 0.2) is 0 Å². The number of hydrogen-bond donors (Lipinski definition) is 0. The van der Waals surface area contributed by atoms with Crippen LogP contribution < -0.4 is 25.5 Å². The summed E-state index contributed by atoms with van der Waals surface area (Å²) in [6.07, 6.45) is 0. The molecule has 0 fully saturated rings. The third kappa shape index (κ3) is 4.71. The van der Waals surface area contributed by atoms with Gasteiger partial charge in [-0.1, -0.05) is 166 Å². The average Bonchev–Trinajstić information content (AvgIpc) is 3.97. The van der Waals surface area contributed by atoms with Gasteiger partial charge >= 0.3 is 0 Å². The summed E-state index contributed by atoms with van der Waals surface area (Å²) in [5.41, 5.74) is 24.3. The standard InChI is InChI=1S/C60H41BN2S/c1-37(2)38-28-31-42(32-29-38)62-53-26-15-27-54-57(53)61(52-33-30-40(34-55(52)62)39-16-5-3-6-17-39)59-58(63(54)41-18-7-4-8-19-41)47-35-46-45-22-11-14-25-50(45)60(51(46)36-56(47)64-59)48-23-12-9-20-43(48)44-21-10-13-24-49(44)60/h3-37H,1-2H3. The monoisotopic (exact) mass is 832 g/mol. The molecule has 10 aromatic rings. The van der Waals surface area contributed by atoms with Crippen LogP contribution in [0.15, 0.2) is 206 Å². The van der Waals surface area contributed by atoms with E-state index in [1.807, 2.05) is 11.3 Å². The molecule has 0 unspecified atom stereocenters. The molecule has 0 radical (unpaired) electrons. The Hall–Kier alpha value is -7.40. The van der Waals surface area contributed by atoms with Gasteiger partial charge < -0.3 is 9.80 Å². The van der Waals surface area contributed by atoms with Gasteiger partial charge in [0.1, 0.15) is 0 Å². The predicted molar refractivity (Wildman–Crippen MR) is 272 cm³/mol. The Balaban J connectivity index is 1.07. The largest absolute Gasteiger partial charge is 0.311 e. The lowest BCUT2D eigenvalue weighted by molar-refractivity contribution is 0.795. The molecular weight excluding hydrogens is 792 g/mol. The third-order valence-corrected chi connectivity index (χ3v) is 15.9. The zero-order valence-electron chi connectivity index (χ0n) is 35.6. The minimum absolute atomic E-state index is 0.0357. The zero-order chi connectivity index (χ0) is 42.3. The van der Waals surface area contributed by atoms with Crippen LogP contribution in [0, 0.1) is 0 Å². The normalized spacial score (nSPS) is 14.3. The quantitative estimate of drug-likeness (QED) is 0.163. The number of para-hydroxylation sites is 1. The van der Waals surface area contributed by atoms with Crippen LogP contribution in [0.2, 0.25) is 0 Å². The molecule has 3 heterocycles. The number of rotatable bonds is 4. The van der Waals surface area contributed by atoms with E-state index in [9.17, 15) is 0 Å². The highest BCUT2D eigenvalue weighted by molar-refractivity contribution is 7.33. The van der Waals surface area contributed by atoms with E-state index in [2.05, 4.69) is 230 Å². The number of anilines is 6. The van der Waals surface area contributed by atoms with Crippen molar-refractivity contribution in [2.75, 3.05) is 9.80 Å². The molecule has 0 saturated heterocycles. The summed E-state index contributed by atoms with van der Waals surface area (Å²) < 4.78 is 2.71. The van der Waals surface area contributed by atoms with Crippen molar-refractivity contribution in [1.29, 1.82) is 0 Å². The Kier molecular flexibility index (Phi) is 7.51. The van der Waals surface area contributed by atoms with Gasteiger partial charge in [-0.25, -0.2) is 0 Å². The van der Waals surface area contributed by atoms with Gasteiger partial charge in [-0.15, -0.1) is 11.3 Å². The SMILES string of the molecule is CC(C)c1ccc(N2c3cc(-c4ccccc4)ccc3B3c4sc5cc6c(cc5c4N(c4ccccc4)c4cccc2c43)-c2ccccc2C62c3ccccc3-c3ccccc32)cc1. The van der Waals surface area contributed by atoms with Crippen molar-refractivity contribution in [1.82, 2.24) is 0 Å². The summed E-state index contributed by atoms with van der Waals surface area (Å²) in [6, 6.07) is 78.0. The van der Waals surface area contributed by atoms with E-state index in [4.69, 9.17) is 0 Å². The average molecular weight is 833 g/mol. The van der Waals surface area contributed by atoms with E-state index in [-0.39, 0.29) is 6.71 Å². The Bertz CT molecular complexity index is 3510. The first-order valence-electron chi connectivity index (χ1n) is 22.6. The van der Waals surface area contributed by atoms with Crippen molar-refractivity contribution in [2.45, 2.75) is 25.2 Å². The number of nitrogens with zero attached hydrogens (tertiary/aromatic N) is 2. The van der Waals surface area contributed by atoms with Crippen molar-refractivity contribution in [2.24, 2.45) is 0 Å². The van der Waals surface area contributed by atoms with Crippen molar-refractivity contribution in [3.05, 3.63) is 234 Å². The van der Waals surface area contributed by atoms with Crippen molar-refractivity contribution >= 4 is 78.0 Å². The van der Waals surface area contributed by atoms with Gasteiger partial charge in [0.05, 0.1) is 11.1 Å². The van der Waals surface area contributed by atoms with E-state index in [0.717, 1.165) is 0 Å². The second-order valence-corrected chi connectivity index (χ2v) is 19.2. The minimum atomic E-state index is -0.399. The molecule has 300 valence electrons. The number of benzene rings is 9. The molecule has 0 N–H and O–H groups in total. The molecule has 0 amide bonds. The summed E-state index contributed by atoms with van der Waals surface area (Å²) >= 11 is 1.99. The Labute approximate surface area is 378 Å². The fraction of sp³-hybridized carbons (Fsp3) is 0.0667. The number of hydrogen-bond acceptors (Lipinski definition) is 3. The van der Waals surface area contributed by atoms with Crippen LogP contribution in [0.4, 0.5) is 34.1 Å². The summed E-state index contributed by atoms with van der Waals surface area (Å²) in [5, 5.41) is 1.30. The molecule has 2 aliphatic carbocycles. The fourth-order valence-corrected chi connectivity index (χ4v) is 13.3. The highest BCUT2D eigenvalue weighted by Crippen LogP contribution is 2.64. The molecule has 2 nitrogen and oxygen atoms in total. The maximum atomic E-state index is 2.59. The topological polar surface area (TPSA) is 6.48 Å². The van der Waals surface area contributed by atoms with Crippen LogP contribution in [0.5, 0.6) is 0 Å². The molecule has 64 heavy (non-hydrogen) atoms. The molecule has 0 saturated carbocycles. The Morgan fingerprint density at radius 3 is 1.69 bits per heavy atom. The maximum absolute atomic E-state index is 2.59. The van der Waals surface area contributed by atoms with Gasteiger partial charge in [0, 0.05) is 43.3 Å². The summed E-state index contributed by atoms with van der Waals surface area (Å²) in [4.78, 5) is 5.11. The van der Waals surface area contributed by atoms with Crippen LogP contribution in [-0.2, 0) is 5.41 Å². The second kappa shape index (κ2) is 13.3. The predicted octanol–water partition coefficient (Wildman–Crippen LogP) is 14.1. The molecule has 1 spiro atoms. The van der Waals surface area contributed by atoms with Gasteiger partial charge in [0.25, 0.3) is 6.71 Å². The van der Waals surface area contributed by atoms with E-state index >= 15 is 0 Å². The maximum Gasteiger partial charge on any atom is 0.264 e. The second-order valence-electron chi connectivity index (χ2n) is 18.1. The Morgan fingerprint density at radius 2 is 1.03 bits per heavy atom. The Morgan fingerprint density at radius 1 is 0.453 bits per heavy atom. The van der Waals surface area contributed by atoms with E-state index in [0.29, 0.717) is 5.92 Å². The zero-order valence-corrected chi connectivity index (χ0v) is 36.4. The molecule has 2 aliphatic heterocycles. The van der Waals surface area contributed by atoms with Crippen LogP contribution in [0.3, 0.4) is 0 Å². The third-order valence-electron chi connectivity index (χ3n) is 14.6. The molecule has 14 rings (SSSR count).